The van der Waals surface area contributed by atoms with E-state index in [0.29, 0.717) is 12.4 Å². The van der Waals surface area contributed by atoms with Gasteiger partial charge in [-0.3, -0.25) is 4.79 Å². The van der Waals surface area contributed by atoms with Gasteiger partial charge in [0.1, 0.15) is 5.75 Å². The molecule has 0 radical (unpaired) electrons. The zero-order chi connectivity index (χ0) is 15.4. The van der Waals surface area contributed by atoms with E-state index < -0.39 is 12.0 Å². The molecule has 1 N–H and O–H groups in total. The van der Waals surface area contributed by atoms with Gasteiger partial charge in [0.25, 0.3) is 0 Å². The van der Waals surface area contributed by atoms with Crippen LogP contribution in [0.3, 0.4) is 0 Å². The lowest BCUT2D eigenvalue weighted by atomic mass is 10.1. The monoisotopic (exact) mass is 357 g/mol. The van der Waals surface area contributed by atoms with E-state index in [1.807, 2.05) is 0 Å². The molecular weight excluding hydrogens is 342 g/mol. The van der Waals surface area contributed by atoms with Crippen molar-refractivity contribution in [1.29, 1.82) is 0 Å². The molecule has 21 heavy (non-hydrogen) atoms. The number of morpholine rings is 1. The summed E-state index contributed by atoms with van der Waals surface area (Å²) in [6.07, 6.45) is 0.113. The lowest BCUT2D eigenvalue weighted by Gasteiger charge is -2.33. The van der Waals surface area contributed by atoms with Gasteiger partial charge in [0, 0.05) is 11.0 Å². The summed E-state index contributed by atoms with van der Waals surface area (Å²) in [5.74, 6) is -0.634. The number of carbonyl (C=O) groups excluding carboxylic acids is 1. The van der Waals surface area contributed by atoms with Crippen LogP contribution in [0, 0.1) is 0 Å². The van der Waals surface area contributed by atoms with Gasteiger partial charge >= 0.3 is 5.97 Å². The number of methoxy groups -OCH3 is 1. The van der Waals surface area contributed by atoms with Crippen molar-refractivity contribution in [1.82, 2.24) is 4.90 Å². The number of halogens is 1. The van der Waals surface area contributed by atoms with Crippen molar-refractivity contribution in [3.8, 4) is 5.75 Å². The van der Waals surface area contributed by atoms with Gasteiger partial charge in [-0.15, -0.1) is 0 Å². The molecule has 1 atom stereocenters. The number of carboxylic acids is 1. The highest BCUT2D eigenvalue weighted by Crippen LogP contribution is 2.24. The predicted octanol–water partition coefficient (Wildman–Crippen LogP) is 1.31. The van der Waals surface area contributed by atoms with Crippen molar-refractivity contribution < 1.29 is 24.2 Å². The molecule has 1 amide bonds. The van der Waals surface area contributed by atoms with Crippen LogP contribution in [-0.4, -0.2) is 54.8 Å². The molecule has 0 saturated carbocycles. The molecule has 0 bridgehead atoms. The van der Waals surface area contributed by atoms with E-state index in [1.165, 1.54) is 4.90 Å². The Bertz CT molecular complexity index is 548. The second-order valence-electron chi connectivity index (χ2n) is 4.65. The molecule has 114 valence electrons. The van der Waals surface area contributed by atoms with E-state index in [9.17, 15) is 9.59 Å². The number of amides is 1. The highest BCUT2D eigenvalue weighted by atomic mass is 79.9. The van der Waals surface area contributed by atoms with Crippen LogP contribution in [0.2, 0.25) is 0 Å². The molecule has 1 aliphatic rings. The van der Waals surface area contributed by atoms with Gasteiger partial charge in [0.2, 0.25) is 5.91 Å². The van der Waals surface area contributed by atoms with Crippen molar-refractivity contribution in [2.24, 2.45) is 0 Å². The van der Waals surface area contributed by atoms with Crippen LogP contribution in [0.5, 0.6) is 5.75 Å². The Morgan fingerprint density at radius 3 is 2.95 bits per heavy atom. The first kappa shape index (κ1) is 15.8. The molecule has 0 aliphatic carbocycles. The average Bonchev–Trinajstić information content (AvgIpc) is 2.49. The molecule has 7 heteroatoms. The highest BCUT2D eigenvalue weighted by molar-refractivity contribution is 9.10. The van der Waals surface area contributed by atoms with E-state index in [1.54, 1.807) is 25.3 Å². The molecule has 0 aromatic heterocycles. The lowest BCUT2D eigenvalue weighted by Crippen LogP contribution is -2.53. The number of carbonyl (C=O) groups is 2. The van der Waals surface area contributed by atoms with Gasteiger partial charge in [0.15, 0.2) is 6.04 Å². The Morgan fingerprint density at radius 1 is 1.52 bits per heavy atom. The normalized spacial score (nSPS) is 18.4. The van der Waals surface area contributed by atoms with Crippen LogP contribution in [0.4, 0.5) is 0 Å². The summed E-state index contributed by atoms with van der Waals surface area (Å²) >= 11 is 3.39. The highest BCUT2D eigenvalue weighted by Gasteiger charge is 2.32. The Kier molecular flexibility index (Phi) is 5.19. The number of hydrogen-bond donors (Lipinski definition) is 1. The van der Waals surface area contributed by atoms with Crippen molar-refractivity contribution in [2.75, 3.05) is 26.9 Å². The smallest absolute Gasteiger partial charge is 0.328 e. The van der Waals surface area contributed by atoms with Gasteiger partial charge in [-0.1, -0.05) is 15.9 Å². The molecule has 1 aromatic rings. The zero-order valence-corrected chi connectivity index (χ0v) is 13.1. The van der Waals surface area contributed by atoms with Gasteiger partial charge in [-0.05, 0) is 23.8 Å². The molecule has 1 fully saturated rings. The number of aliphatic carboxylic acids is 1. The topological polar surface area (TPSA) is 76.1 Å². The fraction of sp³-hybridized carbons (Fsp3) is 0.429. The van der Waals surface area contributed by atoms with E-state index >= 15 is 0 Å². The minimum absolute atomic E-state index is 0.0281. The fourth-order valence-corrected chi connectivity index (χ4v) is 2.57. The van der Waals surface area contributed by atoms with Crippen LogP contribution in [-0.2, 0) is 20.7 Å². The summed E-state index contributed by atoms with van der Waals surface area (Å²) < 4.78 is 11.1. The summed E-state index contributed by atoms with van der Waals surface area (Å²) in [4.78, 5) is 24.9. The van der Waals surface area contributed by atoms with Gasteiger partial charge in [-0.2, -0.15) is 0 Å². The first-order valence-corrected chi connectivity index (χ1v) is 7.24. The van der Waals surface area contributed by atoms with Crippen LogP contribution in [0.15, 0.2) is 22.7 Å². The number of benzene rings is 1. The van der Waals surface area contributed by atoms with Crippen molar-refractivity contribution in [3.05, 3.63) is 28.2 Å². The minimum Gasteiger partial charge on any atom is -0.497 e. The first-order valence-electron chi connectivity index (χ1n) is 6.45. The molecule has 1 heterocycles. The molecule has 1 unspecified atom stereocenters. The van der Waals surface area contributed by atoms with Crippen LogP contribution in [0.25, 0.3) is 0 Å². The third-order valence-electron chi connectivity index (χ3n) is 3.33. The summed E-state index contributed by atoms with van der Waals surface area (Å²) in [5.41, 5.74) is 0.759. The first-order chi connectivity index (χ1) is 10.0. The van der Waals surface area contributed by atoms with E-state index in [2.05, 4.69) is 15.9 Å². The third-order valence-corrected chi connectivity index (χ3v) is 4.10. The molecule has 2 rings (SSSR count). The Labute approximate surface area is 130 Å². The summed E-state index contributed by atoms with van der Waals surface area (Å²) in [6.45, 7) is 0.673. The van der Waals surface area contributed by atoms with Gasteiger partial charge in [0.05, 0.1) is 26.7 Å². The molecule has 6 nitrogen and oxygen atoms in total. The van der Waals surface area contributed by atoms with Gasteiger partial charge in [-0.25, -0.2) is 4.79 Å². The van der Waals surface area contributed by atoms with Crippen LogP contribution >= 0.6 is 15.9 Å². The van der Waals surface area contributed by atoms with Crippen molar-refractivity contribution >= 4 is 27.8 Å². The molecule has 1 aromatic carbocycles. The average molecular weight is 358 g/mol. The second-order valence-corrected chi connectivity index (χ2v) is 5.50. The second kappa shape index (κ2) is 6.91. The number of ether oxygens (including phenoxy) is 2. The van der Waals surface area contributed by atoms with E-state index in [-0.39, 0.29) is 25.5 Å². The molecule has 1 saturated heterocycles. The lowest BCUT2D eigenvalue weighted by molar-refractivity contribution is -0.158. The molecular formula is C14H16BrNO5. The Hall–Kier alpha value is -1.60. The van der Waals surface area contributed by atoms with Gasteiger partial charge < -0.3 is 19.5 Å². The Balaban J connectivity index is 2.14. The van der Waals surface area contributed by atoms with E-state index in [4.69, 9.17) is 14.6 Å². The van der Waals surface area contributed by atoms with Crippen LogP contribution in [0.1, 0.15) is 5.56 Å². The maximum atomic E-state index is 12.4. The van der Waals surface area contributed by atoms with Crippen molar-refractivity contribution in [3.63, 3.8) is 0 Å². The summed E-state index contributed by atoms with van der Waals surface area (Å²) in [5, 5.41) is 9.16. The summed E-state index contributed by atoms with van der Waals surface area (Å²) in [7, 11) is 1.55. The van der Waals surface area contributed by atoms with E-state index in [0.717, 1.165) is 10.0 Å². The molecule has 0 spiro atoms. The molecule has 1 aliphatic heterocycles. The number of hydrogen-bond acceptors (Lipinski definition) is 4. The minimum atomic E-state index is -1.05. The third kappa shape index (κ3) is 3.74. The standard InChI is InChI=1S/C14H16BrNO5/c1-20-10-2-3-11(15)9(6-10)7-13(17)16-4-5-21-8-12(16)14(18)19/h2-3,6,12H,4-5,7-8H2,1H3,(H,18,19). The largest absolute Gasteiger partial charge is 0.497 e. The fourth-order valence-electron chi connectivity index (χ4n) is 2.18. The SMILES string of the molecule is COc1ccc(Br)c(CC(=O)N2CCOCC2C(=O)O)c1. The van der Waals surface area contributed by atoms with Crippen molar-refractivity contribution in [2.45, 2.75) is 12.5 Å². The van der Waals surface area contributed by atoms with Crippen LogP contribution < -0.4 is 4.74 Å². The maximum Gasteiger partial charge on any atom is 0.328 e. The number of nitrogens with zero attached hydrogens (tertiary/aromatic N) is 1. The summed E-state index contributed by atoms with van der Waals surface area (Å²) in [6, 6.07) is 4.43. The Morgan fingerprint density at radius 2 is 2.29 bits per heavy atom. The number of carboxylic acid groups (broad SMARTS) is 1. The zero-order valence-electron chi connectivity index (χ0n) is 11.5. The maximum absolute atomic E-state index is 12.4. The number of rotatable bonds is 4. The predicted molar refractivity (Wildman–Crippen MR) is 78.4 cm³/mol. The quantitative estimate of drug-likeness (QED) is 0.879.